The number of aryl methyl sites for hydroxylation is 1. The predicted molar refractivity (Wildman–Crippen MR) is 87.4 cm³/mol. The molecule has 0 saturated carbocycles. The largest absolute Gasteiger partial charge is 0.359 e. The number of carbonyl (C=O) groups is 2. The van der Waals surface area contributed by atoms with Crippen LogP contribution in [0.4, 0.5) is 5.69 Å². The van der Waals surface area contributed by atoms with Crippen molar-refractivity contribution in [2.24, 2.45) is 0 Å². The summed E-state index contributed by atoms with van der Waals surface area (Å²) in [7, 11) is 0. The first-order valence-electron chi connectivity index (χ1n) is 7.04. The number of ketones is 1. The van der Waals surface area contributed by atoms with Crippen molar-refractivity contribution in [2.45, 2.75) is 13.8 Å². The lowest BCUT2D eigenvalue weighted by Crippen LogP contribution is -2.11. The first kappa shape index (κ1) is 14.1. The maximum absolute atomic E-state index is 12.3. The van der Waals surface area contributed by atoms with Gasteiger partial charge in [0.05, 0.1) is 0 Å². The molecular formula is C18H16N2O2. The molecule has 3 aromatic rings. The van der Waals surface area contributed by atoms with Crippen LogP contribution in [0.1, 0.15) is 33.3 Å². The molecule has 0 aliphatic carbocycles. The van der Waals surface area contributed by atoms with Crippen molar-refractivity contribution < 1.29 is 9.59 Å². The third kappa shape index (κ3) is 2.76. The SMILES string of the molecule is CC(=O)c1ccc(NC(=O)c2ccc3[nH]c(C)cc3c2)cc1. The first-order valence-corrected chi connectivity index (χ1v) is 7.04. The van der Waals surface area contributed by atoms with E-state index in [9.17, 15) is 9.59 Å². The fourth-order valence-electron chi connectivity index (χ4n) is 2.41. The van der Waals surface area contributed by atoms with Gasteiger partial charge in [0.15, 0.2) is 5.78 Å². The van der Waals surface area contributed by atoms with Crippen LogP contribution in [-0.4, -0.2) is 16.7 Å². The lowest BCUT2D eigenvalue weighted by molar-refractivity contribution is 0.101. The summed E-state index contributed by atoms with van der Waals surface area (Å²) in [6.07, 6.45) is 0. The zero-order chi connectivity index (χ0) is 15.7. The highest BCUT2D eigenvalue weighted by atomic mass is 16.1. The van der Waals surface area contributed by atoms with Gasteiger partial charge in [-0.25, -0.2) is 0 Å². The van der Waals surface area contributed by atoms with Gasteiger partial charge in [-0.15, -0.1) is 0 Å². The Kier molecular flexibility index (Phi) is 3.51. The van der Waals surface area contributed by atoms with Crippen LogP contribution in [0.5, 0.6) is 0 Å². The molecule has 0 spiro atoms. The Morgan fingerprint density at radius 3 is 2.32 bits per heavy atom. The number of Topliss-reactive ketones (excluding diaryl/α,β-unsaturated/α-hetero) is 1. The minimum absolute atomic E-state index is 0.00570. The second-order valence-electron chi connectivity index (χ2n) is 5.34. The van der Waals surface area contributed by atoms with Crippen molar-refractivity contribution in [3.8, 4) is 0 Å². The van der Waals surface area contributed by atoms with Gasteiger partial charge in [-0.05, 0) is 62.4 Å². The van der Waals surface area contributed by atoms with E-state index in [1.165, 1.54) is 6.92 Å². The summed E-state index contributed by atoms with van der Waals surface area (Å²) in [5, 5.41) is 3.85. The molecule has 3 rings (SSSR count). The molecule has 1 aromatic heterocycles. The normalized spacial score (nSPS) is 10.6. The van der Waals surface area contributed by atoms with Crippen molar-refractivity contribution in [2.75, 3.05) is 5.32 Å². The van der Waals surface area contributed by atoms with Crippen LogP contribution in [0.3, 0.4) is 0 Å². The molecule has 0 unspecified atom stereocenters. The monoisotopic (exact) mass is 292 g/mol. The molecule has 22 heavy (non-hydrogen) atoms. The summed E-state index contributed by atoms with van der Waals surface area (Å²) < 4.78 is 0. The highest BCUT2D eigenvalue weighted by molar-refractivity contribution is 6.06. The Labute approximate surface area is 128 Å². The van der Waals surface area contributed by atoms with Crippen LogP contribution in [0, 0.1) is 6.92 Å². The van der Waals surface area contributed by atoms with E-state index in [4.69, 9.17) is 0 Å². The van der Waals surface area contributed by atoms with Gasteiger partial charge in [0.25, 0.3) is 5.91 Å². The third-order valence-electron chi connectivity index (χ3n) is 3.57. The Morgan fingerprint density at radius 2 is 1.64 bits per heavy atom. The van der Waals surface area contributed by atoms with E-state index < -0.39 is 0 Å². The molecular weight excluding hydrogens is 276 g/mol. The molecule has 0 atom stereocenters. The molecule has 2 N–H and O–H groups in total. The number of benzene rings is 2. The quantitative estimate of drug-likeness (QED) is 0.718. The average Bonchev–Trinajstić information content (AvgIpc) is 2.86. The number of aromatic amines is 1. The summed E-state index contributed by atoms with van der Waals surface area (Å²) in [5.41, 5.74) is 3.97. The van der Waals surface area contributed by atoms with E-state index in [1.807, 2.05) is 25.1 Å². The van der Waals surface area contributed by atoms with Gasteiger partial charge in [0.1, 0.15) is 0 Å². The summed E-state index contributed by atoms with van der Waals surface area (Å²) >= 11 is 0. The Balaban J connectivity index is 1.81. The maximum Gasteiger partial charge on any atom is 0.255 e. The fourth-order valence-corrected chi connectivity index (χ4v) is 2.41. The van der Waals surface area contributed by atoms with Crippen LogP contribution in [-0.2, 0) is 0 Å². The van der Waals surface area contributed by atoms with Crippen LogP contribution >= 0.6 is 0 Å². The predicted octanol–water partition coefficient (Wildman–Crippen LogP) is 3.93. The van der Waals surface area contributed by atoms with Crippen molar-refractivity contribution >= 4 is 28.3 Å². The number of amides is 1. The lowest BCUT2D eigenvalue weighted by atomic mass is 10.1. The number of anilines is 1. The van der Waals surface area contributed by atoms with Crippen molar-refractivity contribution in [3.63, 3.8) is 0 Å². The number of rotatable bonds is 3. The number of hydrogen-bond donors (Lipinski definition) is 2. The molecule has 0 saturated heterocycles. The van der Waals surface area contributed by atoms with Gasteiger partial charge in [0, 0.05) is 33.4 Å². The molecule has 0 aliphatic rings. The number of fused-ring (bicyclic) bond motifs is 1. The van der Waals surface area contributed by atoms with Crippen molar-refractivity contribution in [3.05, 3.63) is 65.4 Å². The van der Waals surface area contributed by atoms with Gasteiger partial charge in [-0.3, -0.25) is 9.59 Å². The molecule has 2 aromatic carbocycles. The van der Waals surface area contributed by atoms with Gasteiger partial charge in [-0.2, -0.15) is 0 Å². The zero-order valence-corrected chi connectivity index (χ0v) is 12.4. The smallest absolute Gasteiger partial charge is 0.255 e. The maximum atomic E-state index is 12.3. The minimum Gasteiger partial charge on any atom is -0.359 e. The molecule has 1 heterocycles. The summed E-state index contributed by atoms with van der Waals surface area (Å²) in [4.78, 5) is 26.8. The van der Waals surface area contributed by atoms with Gasteiger partial charge in [-0.1, -0.05) is 0 Å². The second-order valence-corrected chi connectivity index (χ2v) is 5.34. The van der Waals surface area contributed by atoms with E-state index in [0.29, 0.717) is 16.8 Å². The van der Waals surface area contributed by atoms with E-state index in [-0.39, 0.29) is 11.7 Å². The second kappa shape index (κ2) is 5.48. The summed E-state index contributed by atoms with van der Waals surface area (Å²) in [6, 6.07) is 14.4. The number of carbonyl (C=O) groups excluding carboxylic acids is 2. The molecule has 0 radical (unpaired) electrons. The van der Waals surface area contributed by atoms with Crippen LogP contribution in [0.15, 0.2) is 48.5 Å². The van der Waals surface area contributed by atoms with Crippen LogP contribution < -0.4 is 5.32 Å². The van der Waals surface area contributed by atoms with Crippen molar-refractivity contribution in [1.29, 1.82) is 0 Å². The van der Waals surface area contributed by atoms with Gasteiger partial charge >= 0.3 is 0 Å². The summed E-state index contributed by atoms with van der Waals surface area (Å²) in [6.45, 7) is 3.50. The lowest BCUT2D eigenvalue weighted by Gasteiger charge is -2.06. The van der Waals surface area contributed by atoms with E-state index in [2.05, 4.69) is 10.3 Å². The molecule has 0 aliphatic heterocycles. The molecule has 4 heteroatoms. The standard InChI is InChI=1S/C18H16N2O2/c1-11-9-15-10-14(5-8-17(15)19-11)18(22)20-16-6-3-13(4-7-16)12(2)21/h3-10,19H,1-2H3,(H,20,22). The molecule has 4 nitrogen and oxygen atoms in total. The Hall–Kier alpha value is -2.88. The third-order valence-corrected chi connectivity index (χ3v) is 3.57. The first-order chi connectivity index (χ1) is 10.5. The van der Waals surface area contributed by atoms with Gasteiger partial charge < -0.3 is 10.3 Å². The molecule has 110 valence electrons. The van der Waals surface area contributed by atoms with Gasteiger partial charge in [0.2, 0.25) is 0 Å². The van der Waals surface area contributed by atoms with E-state index in [1.54, 1.807) is 30.3 Å². The molecule has 0 bridgehead atoms. The fraction of sp³-hybridized carbons (Fsp3) is 0.111. The van der Waals surface area contributed by atoms with Crippen LogP contribution in [0.25, 0.3) is 10.9 Å². The highest BCUT2D eigenvalue weighted by Crippen LogP contribution is 2.18. The Morgan fingerprint density at radius 1 is 0.955 bits per heavy atom. The zero-order valence-electron chi connectivity index (χ0n) is 12.4. The number of H-pyrrole nitrogens is 1. The Bertz CT molecular complexity index is 860. The minimum atomic E-state index is -0.170. The highest BCUT2D eigenvalue weighted by Gasteiger charge is 2.08. The van der Waals surface area contributed by atoms with Crippen molar-refractivity contribution in [1.82, 2.24) is 4.98 Å². The van der Waals surface area contributed by atoms with Crippen LogP contribution in [0.2, 0.25) is 0 Å². The number of nitrogens with one attached hydrogen (secondary N) is 2. The topological polar surface area (TPSA) is 62.0 Å². The molecule has 0 fully saturated rings. The van der Waals surface area contributed by atoms with E-state index in [0.717, 1.165) is 16.6 Å². The molecule has 1 amide bonds. The number of aromatic nitrogens is 1. The average molecular weight is 292 g/mol. The van der Waals surface area contributed by atoms with E-state index >= 15 is 0 Å². The summed E-state index contributed by atoms with van der Waals surface area (Å²) in [5.74, 6) is -0.164. The number of hydrogen-bond acceptors (Lipinski definition) is 2.